The van der Waals surface area contributed by atoms with Crippen molar-refractivity contribution in [3.8, 4) is 0 Å². The quantitative estimate of drug-likeness (QED) is 0.820. The lowest BCUT2D eigenvalue weighted by Crippen LogP contribution is -2.21. The van der Waals surface area contributed by atoms with Crippen LogP contribution in [0.4, 0.5) is 4.39 Å². The van der Waals surface area contributed by atoms with Crippen molar-refractivity contribution in [2.45, 2.75) is 25.8 Å². The molecule has 0 heterocycles. The molecule has 1 N–H and O–H groups in total. The van der Waals surface area contributed by atoms with Gasteiger partial charge in [-0.15, -0.1) is 0 Å². The van der Waals surface area contributed by atoms with Gasteiger partial charge in [-0.1, -0.05) is 13.0 Å². The van der Waals surface area contributed by atoms with Gasteiger partial charge in [0.1, 0.15) is 15.7 Å². The average molecular weight is 352 g/mol. The Kier molecular flexibility index (Phi) is 6.42. The molecule has 108 valence electrons. The molecule has 0 aliphatic carbocycles. The minimum absolute atomic E-state index is 0.0450. The third kappa shape index (κ3) is 6.01. The van der Waals surface area contributed by atoms with Crippen molar-refractivity contribution in [2.24, 2.45) is 0 Å². The molecule has 1 unspecified atom stereocenters. The third-order valence-electron chi connectivity index (χ3n) is 2.80. The molecule has 6 heteroatoms. The molecule has 1 rings (SSSR count). The van der Waals surface area contributed by atoms with Gasteiger partial charge in [-0.2, -0.15) is 0 Å². The van der Waals surface area contributed by atoms with Gasteiger partial charge in [0.2, 0.25) is 0 Å². The number of hydrogen-bond donors (Lipinski definition) is 1. The number of hydrogen-bond acceptors (Lipinski definition) is 3. The molecule has 0 amide bonds. The van der Waals surface area contributed by atoms with Crippen molar-refractivity contribution < 1.29 is 12.8 Å². The number of sulfone groups is 1. The van der Waals surface area contributed by atoms with E-state index in [0.717, 1.165) is 12.1 Å². The summed E-state index contributed by atoms with van der Waals surface area (Å²) in [6.45, 7) is 2.76. The van der Waals surface area contributed by atoms with E-state index in [1.807, 2.05) is 6.92 Å². The van der Waals surface area contributed by atoms with E-state index in [1.165, 1.54) is 12.3 Å². The van der Waals surface area contributed by atoms with Crippen LogP contribution in [0.1, 0.15) is 31.4 Å². The van der Waals surface area contributed by atoms with E-state index in [0.29, 0.717) is 17.3 Å². The fourth-order valence-corrected chi connectivity index (χ4v) is 3.00. The van der Waals surface area contributed by atoms with Crippen LogP contribution in [0.5, 0.6) is 0 Å². The Balaban J connectivity index is 2.73. The molecule has 0 fully saturated rings. The molecular formula is C13H19BrFNO2S. The van der Waals surface area contributed by atoms with Crippen LogP contribution < -0.4 is 5.32 Å². The van der Waals surface area contributed by atoms with Crippen LogP contribution in [0.3, 0.4) is 0 Å². The largest absolute Gasteiger partial charge is 0.310 e. The topological polar surface area (TPSA) is 46.2 Å². The number of rotatable bonds is 7. The van der Waals surface area contributed by atoms with Gasteiger partial charge in [0, 0.05) is 18.1 Å². The van der Waals surface area contributed by atoms with Crippen molar-refractivity contribution in [3.05, 3.63) is 34.1 Å². The van der Waals surface area contributed by atoms with Crippen LogP contribution in [0.15, 0.2) is 22.7 Å². The van der Waals surface area contributed by atoms with E-state index in [9.17, 15) is 12.8 Å². The van der Waals surface area contributed by atoms with Crippen molar-refractivity contribution >= 4 is 25.8 Å². The number of benzene rings is 1. The first-order valence-electron chi connectivity index (χ1n) is 6.19. The highest BCUT2D eigenvalue weighted by Crippen LogP contribution is 2.24. The van der Waals surface area contributed by atoms with E-state index in [4.69, 9.17) is 0 Å². The molecular weight excluding hydrogens is 333 g/mol. The van der Waals surface area contributed by atoms with Crippen LogP contribution >= 0.6 is 15.9 Å². The Morgan fingerprint density at radius 3 is 2.63 bits per heavy atom. The molecule has 0 saturated carbocycles. The average Bonchev–Trinajstić information content (AvgIpc) is 2.30. The first-order chi connectivity index (χ1) is 8.83. The second-order valence-corrected chi connectivity index (χ2v) is 7.67. The summed E-state index contributed by atoms with van der Waals surface area (Å²) in [6, 6.07) is 4.93. The van der Waals surface area contributed by atoms with Crippen LogP contribution in [-0.4, -0.2) is 27.0 Å². The van der Waals surface area contributed by atoms with Gasteiger partial charge in [-0.25, -0.2) is 12.8 Å². The summed E-state index contributed by atoms with van der Waals surface area (Å²) in [5, 5.41) is 3.29. The molecule has 0 aliphatic heterocycles. The highest BCUT2D eigenvalue weighted by molar-refractivity contribution is 9.10. The van der Waals surface area contributed by atoms with Gasteiger partial charge in [-0.3, -0.25) is 0 Å². The predicted octanol–water partition coefficient (Wildman–Crippen LogP) is 3.06. The van der Waals surface area contributed by atoms with Crippen LogP contribution in [-0.2, 0) is 9.84 Å². The maximum absolute atomic E-state index is 13.2. The first-order valence-corrected chi connectivity index (χ1v) is 9.05. The summed E-state index contributed by atoms with van der Waals surface area (Å²) in [5.41, 5.74) is 0.962. The zero-order valence-corrected chi connectivity index (χ0v) is 13.5. The van der Waals surface area contributed by atoms with Gasteiger partial charge in [-0.05, 0) is 53.0 Å². The zero-order chi connectivity index (χ0) is 14.5. The molecule has 3 nitrogen and oxygen atoms in total. The molecule has 0 spiro atoms. The molecule has 0 aromatic heterocycles. The maximum atomic E-state index is 13.2. The van der Waals surface area contributed by atoms with E-state index >= 15 is 0 Å². The SMILES string of the molecule is CCNC(CCCS(C)(=O)=O)c1ccc(F)c(Br)c1. The molecule has 1 aromatic rings. The lowest BCUT2D eigenvalue weighted by atomic mass is 10.0. The molecule has 0 saturated heterocycles. The monoisotopic (exact) mass is 351 g/mol. The summed E-state index contributed by atoms with van der Waals surface area (Å²) in [5.74, 6) is -0.118. The standard InChI is InChI=1S/C13H19BrFNO2S/c1-3-16-13(5-4-8-19(2,17)18)10-6-7-12(15)11(14)9-10/h6-7,9,13,16H,3-5,8H2,1-2H3. The van der Waals surface area contributed by atoms with Gasteiger partial charge in [0.05, 0.1) is 4.47 Å². The Labute approximate surface area is 122 Å². The van der Waals surface area contributed by atoms with E-state index in [1.54, 1.807) is 12.1 Å². The first kappa shape index (κ1) is 16.6. The van der Waals surface area contributed by atoms with E-state index < -0.39 is 9.84 Å². The second-order valence-electron chi connectivity index (χ2n) is 4.56. The highest BCUT2D eigenvalue weighted by atomic mass is 79.9. The Bertz CT molecular complexity index is 519. The molecule has 0 bridgehead atoms. The minimum atomic E-state index is -2.93. The van der Waals surface area contributed by atoms with Crippen LogP contribution in [0.25, 0.3) is 0 Å². The lowest BCUT2D eigenvalue weighted by Gasteiger charge is -2.18. The summed E-state index contributed by atoms with van der Waals surface area (Å²) in [4.78, 5) is 0. The van der Waals surface area contributed by atoms with Gasteiger partial charge >= 0.3 is 0 Å². The highest BCUT2D eigenvalue weighted by Gasteiger charge is 2.13. The van der Waals surface area contributed by atoms with Crippen molar-refractivity contribution in [2.75, 3.05) is 18.6 Å². The molecule has 1 aromatic carbocycles. The smallest absolute Gasteiger partial charge is 0.147 e. The summed E-state index contributed by atoms with van der Waals surface area (Å²) >= 11 is 3.17. The number of nitrogens with one attached hydrogen (secondary N) is 1. The summed E-state index contributed by atoms with van der Waals surface area (Å²) in [6.07, 6.45) is 2.54. The molecule has 0 radical (unpaired) electrons. The molecule has 19 heavy (non-hydrogen) atoms. The van der Waals surface area contributed by atoms with Gasteiger partial charge in [0.25, 0.3) is 0 Å². The Morgan fingerprint density at radius 2 is 2.11 bits per heavy atom. The van der Waals surface area contributed by atoms with Crippen molar-refractivity contribution in [3.63, 3.8) is 0 Å². The second kappa shape index (κ2) is 7.36. The van der Waals surface area contributed by atoms with Crippen LogP contribution in [0.2, 0.25) is 0 Å². The summed E-state index contributed by atoms with van der Waals surface area (Å²) < 4.78 is 35.9. The fraction of sp³-hybridized carbons (Fsp3) is 0.538. The molecule has 0 aliphatic rings. The normalized spacial score (nSPS) is 13.5. The minimum Gasteiger partial charge on any atom is -0.310 e. The van der Waals surface area contributed by atoms with Gasteiger partial charge in [0.15, 0.2) is 0 Å². The van der Waals surface area contributed by atoms with E-state index in [2.05, 4.69) is 21.2 Å². The number of halogens is 2. The Hall–Kier alpha value is -0.460. The summed E-state index contributed by atoms with van der Waals surface area (Å²) in [7, 11) is -2.93. The molecule has 1 atom stereocenters. The predicted molar refractivity (Wildman–Crippen MR) is 79.5 cm³/mol. The van der Waals surface area contributed by atoms with Gasteiger partial charge < -0.3 is 5.32 Å². The fourth-order valence-electron chi connectivity index (χ4n) is 1.91. The third-order valence-corrected chi connectivity index (χ3v) is 4.44. The Morgan fingerprint density at radius 1 is 1.42 bits per heavy atom. The van der Waals surface area contributed by atoms with Crippen molar-refractivity contribution in [1.82, 2.24) is 5.32 Å². The lowest BCUT2D eigenvalue weighted by molar-refractivity contribution is 0.505. The van der Waals surface area contributed by atoms with Crippen molar-refractivity contribution in [1.29, 1.82) is 0 Å². The maximum Gasteiger partial charge on any atom is 0.147 e. The van der Waals surface area contributed by atoms with Crippen LogP contribution in [0, 0.1) is 5.82 Å². The zero-order valence-electron chi connectivity index (χ0n) is 11.1. The van der Waals surface area contributed by atoms with E-state index in [-0.39, 0.29) is 17.6 Å².